The third kappa shape index (κ3) is 3.72. The summed E-state index contributed by atoms with van der Waals surface area (Å²) in [5.74, 6) is 1.00. The number of carbonyl (C=O) groups is 1. The number of thiazole rings is 1. The number of likely N-dealkylation sites (tertiary alicyclic amines) is 1. The Morgan fingerprint density at radius 1 is 1.52 bits per heavy atom. The number of hydrogen-bond donors (Lipinski definition) is 1. The summed E-state index contributed by atoms with van der Waals surface area (Å²) >= 11 is 1.61. The van der Waals surface area contributed by atoms with Gasteiger partial charge in [0.05, 0.1) is 18.3 Å². The predicted molar refractivity (Wildman–Crippen MR) is 88.2 cm³/mol. The summed E-state index contributed by atoms with van der Waals surface area (Å²) in [5.41, 5.74) is 0.910. The molecule has 6 nitrogen and oxygen atoms in total. The minimum absolute atomic E-state index is 0.0626. The van der Waals surface area contributed by atoms with Crippen molar-refractivity contribution in [3.8, 4) is 0 Å². The number of nitrogens with zero attached hydrogens (tertiary/aromatic N) is 3. The standard InChI is InChI=1S/C16H22N4O2S/c1-11(2)13-9-12(22-19-13)10-18-16(21)20-7-4-3-5-14(20)15-17-6-8-23-15/h6,8-9,11,14H,3-5,7,10H2,1-2H3,(H,18,21). The summed E-state index contributed by atoms with van der Waals surface area (Å²) in [6.45, 7) is 5.25. The van der Waals surface area contributed by atoms with Crippen molar-refractivity contribution in [1.82, 2.24) is 20.4 Å². The maximum Gasteiger partial charge on any atom is 0.318 e. The number of hydrogen-bond acceptors (Lipinski definition) is 5. The number of piperidine rings is 1. The van der Waals surface area contributed by atoms with Gasteiger partial charge in [0, 0.05) is 24.2 Å². The van der Waals surface area contributed by atoms with Crippen molar-refractivity contribution in [2.24, 2.45) is 0 Å². The number of aromatic nitrogens is 2. The van der Waals surface area contributed by atoms with Crippen molar-refractivity contribution < 1.29 is 9.32 Å². The number of urea groups is 1. The molecule has 0 spiro atoms. The van der Waals surface area contributed by atoms with Crippen LogP contribution in [0.5, 0.6) is 0 Å². The van der Waals surface area contributed by atoms with E-state index in [1.54, 1.807) is 17.5 Å². The second kappa shape index (κ2) is 7.12. The van der Waals surface area contributed by atoms with Gasteiger partial charge in [-0.05, 0) is 25.2 Å². The maximum absolute atomic E-state index is 12.5. The molecule has 1 unspecified atom stereocenters. The minimum Gasteiger partial charge on any atom is -0.359 e. The zero-order valence-electron chi connectivity index (χ0n) is 13.5. The van der Waals surface area contributed by atoms with Crippen LogP contribution in [0.25, 0.3) is 0 Å². The molecule has 0 radical (unpaired) electrons. The molecule has 0 aliphatic carbocycles. The number of rotatable bonds is 4. The van der Waals surface area contributed by atoms with Crippen LogP contribution in [0.1, 0.15) is 61.5 Å². The van der Waals surface area contributed by atoms with E-state index >= 15 is 0 Å². The highest BCUT2D eigenvalue weighted by Gasteiger charge is 2.29. The zero-order valence-corrected chi connectivity index (χ0v) is 14.3. The Morgan fingerprint density at radius 2 is 2.39 bits per heavy atom. The summed E-state index contributed by atoms with van der Waals surface area (Å²) in [4.78, 5) is 18.8. The lowest BCUT2D eigenvalue weighted by Gasteiger charge is -2.34. The largest absolute Gasteiger partial charge is 0.359 e. The molecule has 1 atom stereocenters. The molecule has 23 heavy (non-hydrogen) atoms. The van der Waals surface area contributed by atoms with E-state index in [2.05, 4.69) is 29.3 Å². The van der Waals surface area contributed by atoms with Crippen molar-refractivity contribution in [1.29, 1.82) is 0 Å². The highest BCUT2D eigenvalue weighted by atomic mass is 32.1. The molecular weight excluding hydrogens is 312 g/mol. The summed E-state index contributed by atoms with van der Waals surface area (Å²) < 4.78 is 5.27. The molecule has 2 aromatic rings. The van der Waals surface area contributed by atoms with E-state index < -0.39 is 0 Å². The lowest BCUT2D eigenvalue weighted by atomic mass is 10.0. The summed E-state index contributed by atoms with van der Waals surface area (Å²) in [5, 5.41) is 9.93. The van der Waals surface area contributed by atoms with Gasteiger partial charge in [0.15, 0.2) is 5.76 Å². The number of amides is 2. The van der Waals surface area contributed by atoms with E-state index in [9.17, 15) is 4.79 Å². The fourth-order valence-corrected chi connectivity index (χ4v) is 3.56. The van der Waals surface area contributed by atoms with Gasteiger partial charge >= 0.3 is 6.03 Å². The smallest absolute Gasteiger partial charge is 0.318 e. The van der Waals surface area contributed by atoms with Crippen molar-refractivity contribution in [2.75, 3.05) is 6.54 Å². The van der Waals surface area contributed by atoms with Gasteiger partial charge in [0.2, 0.25) is 0 Å². The number of nitrogens with one attached hydrogen (secondary N) is 1. The van der Waals surface area contributed by atoms with Crippen molar-refractivity contribution in [3.63, 3.8) is 0 Å². The third-order valence-corrected chi connectivity index (χ3v) is 4.96. The SMILES string of the molecule is CC(C)c1cc(CNC(=O)N2CCCCC2c2nccs2)on1. The summed E-state index contributed by atoms with van der Waals surface area (Å²) in [6.07, 6.45) is 4.94. The molecule has 1 saturated heterocycles. The fraction of sp³-hybridized carbons (Fsp3) is 0.562. The van der Waals surface area contributed by atoms with Gasteiger partial charge in [0.1, 0.15) is 5.01 Å². The van der Waals surface area contributed by atoms with Crippen LogP contribution < -0.4 is 5.32 Å². The van der Waals surface area contributed by atoms with Crippen molar-refractivity contribution in [2.45, 2.75) is 51.6 Å². The van der Waals surface area contributed by atoms with E-state index in [1.807, 2.05) is 16.3 Å². The Bertz CT molecular complexity index is 638. The van der Waals surface area contributed by atoms with Crippen LogP contribution in [-0.2, 0) is 6.54 Å². The third-order valence-electron chi connectivity index (χ3n) is 4.08. The van der Waals surface area contributed by atoms with E-state index in [0.29, 0.717) is 18.2 Å². The van der Waals surface area contributed by atoms with E-state index in [1.165, 1.54) is 0 Å². The zero-order chi connectivity index (χ0) is 16.2. The highest BCUT2D eigenvalue weighted by Crippen LogP contribution is 2.31. The van der Waals surface area contributed by atoms with Crippen molar-refractivity contribution >= 4 is 17.4 Å². The topological polar surface area (TPSA) is 71.3 Å². The maximum atomic E-state index is 12.5. The van der Waals surface area contributed by atoms with Gasteiger partial charge in [-0.2, -0.15) is 0 Å². The normalized spacial score (nSPS) is 18.4. The average Bonchev–Trinajstić information content (AvgIpc) is 3.24. The molecule has 3 rings (SSSR count). The Hall–Kier alpha value is -1.89. The van der Waals surface area contributed by atoms with Gasteiger partial charge < -0.3 is 14.7 Å². The molecule has 0 aromatic carbocycles. The molecule has 0 saturated carbocycles. The molecule has 2 amide bonds. The first-order chi connectivity index (χ1) is 11.1. The Kier molecular flexibility index (Phi) is 4.95. The highest BCUT2D eigenvalue weighted by molar-refractivity contribution is 7.09. The molecule has 7 heteroatoms. The van der Waals surface area contributed by atoms with Crippen molar-refractivity contribution in [3.05, 3.63) is 34.1 Å². The first-order valence-electron chi connectivity index (χ1n) is 8.04. The molecule has 1 aliphatic rings. The Morgan fingerprint density at radius 3 is 3.09 bits per heavy atom. The van der Waals surface area contributed by atoms with Crippen LogP contribution in [0, 0.1) is 0 Å². The van der Waals surface area contributed by atoms with Crippen LogP contribution in [0.4, 0.5) is 4.79 Å². The van der Waals surface area contributed by atoms with Gasteiger partial charge in [-0.25, -0.2) is 9.78 Å². The lowest BCUT2D eigenvalue weighted by Crippen LogP contribution is -2.44. The second-order valence-corrected chi connectivity index (χ2v) is 7.03. The quantitative estimate of drug-likeness (QED) is 0.925. The van der Waals surface area contributed by atoms with Gasteiger partial charge in [0.25, 0.3) is 0 Å². The minimum atomic E-state index is -0.0626. The van der Waals surface area contributed by atoms with Gasteiger partial charge in [-0.1, -0.05) is 19.0 Å². The molecular formula is C16H22N4O2S. The molecule has 0 bridgehead atoms. The van der Waals surface area contributed by atoms with Crippen LogP contribution in [-0.4, -0.2) is 27.6 Å². The predicted octanol–water partition coefficient (Wildman–Crippen LogP) is 3.69. The lowest BCUT2D eigenvalue weighted by molar-refractivity contribution is 0.150. The van der Waals surface area contributed by atoms with E-state index in [-0.39, 0.29) is 12.1 Å². The summed E-state index contributed by atoms with van der Waals surface area (Å²) in [7, 11) is 0. The fourth-order valence-electron chi connectivity index (χ4n) is 2.78. The number of carbonyl (C=O) groups excluding carboxylic acids is 1. The first-order valence-corrected chi connectivity index (χ1v) is 8.92. The molecule has 124 valence electrons. The summed E-state index contributed by atoms with van der Waals surface area (Å²) in [6, 6.07) is 1.93. The first kappa shape index (κ1) is 16.0. The molecule has 2 aromatic heterocycles. The molecule has 1 N–H and O–H groups in total. The Balaban J connectivity index is 1.61. The van der Waals surface area contributed by atoms with Crippen LogP contribution in [0.2, 0.25) is 0 Å². The van der Waals surface area contributed by atoms with E-state index in [0.717, 1.165) is 36.5 Å². The Labute approximate surface area is 139 Å². The monoisotopic (exact) mass is 334 g/mol. The molecule has 1 fully saturated rings. The van der Waals surface area contributed by atoms with Crippen LogP contribution in [0.15, 0.2) is 22.2 Å². The average molecular weight is 334 g/mol. The molecule has 1 aliphatic heterocycles. The van der Waals surface area contributed by atoms with Crippen LogP contribution in [0.3, 0.4) is 0 Å². The molecule has 3 heterocycles. The second-order valence-electron chi connectivity index (χ2n) is 6.11. The van der Waals surface area contributed by atoms with Gasteiger partial charge in [-0.3, -0.25) is 0 Å². The van der Waals surface area contributed by atoms with Crippen LogP contribution >= 0.6 is 11.3 Å². The van der Waals surface area contributed by atoms with Gasteiger partial charge in [-0.15, -0.1) is 11.3 Å². The van der Waals surface area contributed by atoms with E-state index in [4.69, 9.17) is 4.52 Å².